The minimum Gasteiger partial charge on any atom is -0.302 e. The first-order chi connectivity index (χ1) is 8.66. The number of hydrogen-bond acceptors (Lipinski definition) is 3. The molecule has 0 atom stereocenters. The average molecular weight is 261 g/mol. The first-order valence-corrected chi connectivity index (χ1v) is 7.12. The van der Waals surface area contributed by atoms with Gasteiger partial charge in [0.05, 0.1) is 10.2 Å². The number of benzene rings is 1. The van der Waals surface area contributed by atoms with Crippen LogP contribution in [-0.2, 0) is 7.05 Å². The van der Waals surface area contributed by atoms with E-state index < -0.39 is 0 Å². The molecule has 1 aromatic carbocycles. The van der Waals surface area contributed by atoms with E-state index in [4.69, 9.17) is 0 Å². The number of carbonyl (C=O) groups excluding carboxylic acids is 1. The highest BCUT2D eigenvalue weighted by molar-refractivity contribution is 7.16. The van der Waals surface area contributed by atoms with E-state index >= 15 is 0 Å². The molecule has 2 aromatic rings. The minimum absolute atomic E-state index is 0.0236. The van der Waals surface area contributed by atoms with Crippen LogP contribution in [0.1, 0.15) is 36.0 Å². The van der Waals surface area contributed by atoms with Crippen molar-refractivity contribution in [1.29, 1.82) is 0 Å². The number of aryl methyl sites for hydroxylation is 1. The number of nitrogens with zero attached hydrogens (tertiary/aromatic N) is 1. The largest absolute Gasteiger partial charge is 0.307 e. The molecule has 0 saturated heterocycles. The van der Waals surface area contributed by atoms with E-state index in [0.717, 1.165) is 41.5 Å². The third-order valence-electron chi connectivity index (χ3n) is 3.80. The van der Waals surface area contributed by atoms with Crippen molar-refractivity contribution in [3.05, 3.63) is 33.4 Å². The molecule has 1 heterocycles. The van der Waals surface area contributed by atoms with E-state index in [1.165, 1.54) is 11.3 Å². The Morgan fingerprint density at radius 3 is 2.78 bits per heavy atom. The summed E-state index contributed by atoms with van der Waals surface area (Å²) in [5.41, 5.74) is 1.67. The molecule has 1 aromatic heterocycles. The third-order valence-corrected chi connectivity index (χ3v) is 4.80. The van der Waals surface area contributed by atoms with Crippen LogP contribution in [0.2, 0.25) is 0 Å². The number of thiazole rings is 1. The fourth-order valence-corrected chi connectivity index (χ4v) is 3.63. The predicted octanol–water partition coefficient (Wildman–Crippen LogP) is 2.97. The summed E-state index contributed by atoms with van der Waals surface area (Å²) in [6.45, 7) is 0. The molecule has 0 unspecified atom stereocenters. The molecule has 18 heavy (non-hydrogen) atoms. The number of aromatic nitrogens is 1. The van der Waals surface area contributed by atoms with Crippen LogP contribution in [0, 0.1) is 5.92 Å². The van der Waals surface area contributed by atoms with Crippen LogP contribution in [0.4, 0.5) is 0 Å². The van der Waals surface area contributed by atoms with E-state index in [0.29, 0.717) is 0 Å². The van der Waals surface area contributed by atoms with Gasteiger partial charge >= 0.3 is 4.87 Å². The van der Waals surface area contributed by atoms with Gasteiger partial charge in [0.15, 0.2) is 5.78 Å². The van der Waals surface area contributed by atoms with Gasteiger partial charge in [-0.3, -0.25) is 9.59 Å². The maximum atomic E-state index is 12.3. The topological polar surface area (TPSA) is 39.1 Å². The summed E-state index contributed by atoms with van der Waals surface area (Å²) in [5, 5.41) is 0. The zero-order valence-corrected chi connectivity index (χ0v) is 11.1. The summed E-state index contributed by atoms with van der Waals surface area (Å²) in [6.07, 6.45) is 4.36. The lowest BCUT2D eigenvalue weighted by Gasteiger charge is -2.07. The number of carbonyl (C=O) groups is 1. The van der Waals surface area contributed by atoms with Gasteiger partial charge in [0.2, 0.25) is 0 Å². The van der Waals surface area contributed by atoms with Gasteiger partial charge in [0, 0.05) is 18.5 Å². The van der Waals surface area contributed by atoms with Gasteiger partial charge in [-0.15, -0.1) is 0 Å². The highest BCUT2D eigenvalue weighted by atomic mass is 32.1. The minimum atomic E-state index is 0.0236. The molecule has 0 N–H and O–H groups in total. The molecule has 0 spiro atoms. The lowest BCUT2D eigenvalue weighted by Crippen LogP contribution is -2.10. The molecular weight excluding hydrogens is 246 g/mol. The quantitative estimate of drug-likeness (QED) is 0.780. The fraction of sp³-hybridized carbons (Fsp3) is 0.429. The number of ketones is 1. The van der Waals surface area contributed by atoms with Gasteiger partial charge in [0.25, 0.3) is 0 Å². The van der Waals surface area contributed by atoms with Crippen LogP contribution < -0.4 is 4.87 Å². The molecule has 0 bridgehead atoms. The lowest BCUT2D eigenvalue weighted by molar-refractivity contribution is 0.0923. The van der Waals surface area contributed by atoms with Gasteiger partial charge in [-0.2, -0.15) is 0 Å². The second kappa shape index (κ2) is 4.35. The summed E-state index contributed by atoms with van der Waals surface area (Å²) >= 11 is 1.21. The molecule has 0 aliphatic heterocycles. The Bertz CT molecular complexity index is 662. The van der Waals surface area contributed by atoms with Crippen molar-refractivity contribution in [3.8, 4) is 0 Å². The zero-order chi connectivity index (χ0) is 12.7. The summed E-state index contributed by atoms with van der Waals surface area (Å²) in [6, 6.07) is 5.62. The summed E-state index contributed by atoms with van der Waals surface area (Å²) in [5.74, 6) is 0.445. The van der Waals surface area contributed by atoms with Crippen LogP contribution in [-0.4, -0.2) is 10.4 Å². The summed E-state index contributed by atoms with van der Waals surface area (Å²) in [7, 11) is 1.76. The normalized spacial score (nSPS) is 16.5. The Labute approximate surface area is 109 Å². The third kappa shape index (κ3) is 1.81. The molecule has 1 aliphatic carbocycles. The van der Waals surface area contributed by atoms with Gasteiger partial charge in [-0.25, -0.2) is 0 Å². The molecule has 94 valence electrons. The Hall–Kier alpha value is -1.42. The van der Waals surface area contributed by atoms with Crippen molar-refractivity contribution in [2.75, 3.05) is 0 Å². The molecule has 3 nitrogen and oxygen atoms in total. The van der Waals surface area contributed by atoms with Gasteiger partial charge in [-0.1, -0.05) is 24.2 Å². The van der Waals surface area contributed by atoms with Crippen molar-refractivity contribution in [3.63, 3.8) is 0 Å². The molecule has 1 fully saturated rings. The standard InChI is InChI=1S/C14H15NO2S/c1-15-11-7-6-10(8-12(11)18-14(15)17)13(16)9-4-2-3-5-9/h6-9H,2-5H2,1H3. The van der Waals surface area contributed by atoms with Gasteiger partial charge in [-0.05, 0) is 31.0 Å². The number of fused-ring (bicyclic) bond motifs is 1. The van der Waals surface area contributed by atoms with Crippen LogP contribution in [0.25, 0.3) is 10.2 Å². The van der Waals surface area contributed by atoms with Crippen molar-refractivity contribution >= 4 is 27.3 Å². The highest BCUT2D eigenvalue weighted by Gasteiger charge is 2.24. The Morgan fingerprint density at radius 1 is 1.33 bits per heavy atom. The van der Waals surface area contributed by atoms with Crippen molar-refractivity contribution in [1.82, 2.24) is 4.57 Å². The Balaban J connectivity index is 2.02. The first kappa shape index (κ1) is 11.7. The van der Waals surface area contributed by atoms with E-state index in [2.05, 4.69) is 0 Å². The zero-order valence-electron chi connectivity index (χ0n) is 10.3. The van der Waals surface area contributed by atoms with Crippen molar-refractivity contribution in [2.45, 2.75) is 25.7 Å². The molecule has 1 saturated carbocycles. The van der Waals surface area contributed by atoms with Crippen LogP contribution >= 0.6 is 11.3 Å². The number of rotatable bonds is 2. The average Bonchev–Trinajstić information content (AvgIpc) is 2.98. The van der Waals surface area contributed by atoms with E-state index in [1.54, 1.807) is 11.6 Å². The van der Waals surface area contributed by atoms with E-state index in [1.807, 2.05) is 18.2 Å². The smallest absolute Gasteiger partial charge is 0.302 e. The van der Waals surface area contributed by atoms with Gasteiger partial charge in [0.1, 0.15) is 0 Å². The maximum absolute atomic E-state index is 12.3. The summed E-state index contributed by atoms with van der Waals surface area (Å²) < 4.78 is 2.54. The SMILES string of the molecule is Cn1c(=O)sc2cc(C(=O)C3CCCC3)ccc21. The maximum Gasteiger partial charge on any atom is 0.307 e. The molecule has 0 radical (unpaired) electrons. The van der Waals surface area contributed by atoms with Crippen molar-refractivity contribution < 1.29 is 4.79 Å². The highest BCUT2D eigenvalue weighted by Crippen LogP contribution is 2.29. The monoisotopic (exact) mass is 261 g/mol. The van der Waals surface area contributed by atoms with Crippen molar-refractivity contribution in [2.24, 2.45) is 13.0 Å². The lowest BCUT2D eigenvalue weighted by atomic mass is 9.96. The second-order valence-electron chi connectivity index (χ2n) is 4.96. The molecule has 0 amide bonds. The number of Topliss-reactive ketones (excluding diaryl/α,β-unsaturated/α-hetero) is 1. The van der Waals surface area contributed by atoms with Gasteiger partial charge < -0.3 is 4.57 Å². The van der Waals surface area contributed by atoms with Crippen LogP contribution in [0.5, 0.6) is 0 Å². The Morgan fingerprint density at radius 2 is 2.06 bits per heavy atom. The Kier molecular flexibility index (Phi) is 2.82. The number of hydrogen-bond donors (Lipinski definition) is 0. The van der Waals surface area contributed by atoms with Crippen LogP contribution in [0.3, 0.4) is 0 Å². The molecular formula is C14H15NO2S. The molecule has 1 aliphatic rings. The fourth-order valence-electron chi connectivity index (χ4n) is 2.71. The molecule has 4 heteroatoms. The second-order valence-corrected chi connectivity index (χ2v) is 5.95. The summed E-state index contributed by atoms with van der Waals surface area (Å²) in [4.78, 5) is 23.9. The van der Waals surface area contributed by atoms with Crippen LogP contribution in [0.15, 0.2) is 23.0 Å². The first-order valence-electron chi connectivity index (χ1n) is 6.30. The molecule has 3 rings (SSSR count). The van der Waals surface area contributed by atoms with E-state index in [9.17, 15) is 9.59 Å². The predicted molar refractivity (Wildman–Crippen MR) is 73.4 cm³/mol. The van der Waals surface area contributed by atoms with E-state index in [-0.39, 0.29) is 16.6 Å².